The van der Waals surface area contributed by atoms with Crippen LogP contribution in [0.1, 0.15) is 12.0 Å². The third kappa shape index (κ3) is 1.91. The minimum absolute atomic E-state index is 0.178. The van der Waals surface area contributed by atoms with Crippen molar-refractivity contribution in [3.63, 3.8) is 0 Å². The number of benzene rings is 1. The normalized spacial score (nSPS) is 17.8. The Hall–Kier alpha value is -1.11. The minimum atomic E-state index is -3.55. The van der Waals surface area contributed by atoms with Crippen molar-refractivity contribution in [2.24, 2.45) is 0 Å². The third-order valence-electron chi connectivity index (χ3n) is 2.54. The highest BCUT2D eigenvalue weighted by Crippen LogP contribution is 2.23. The molecule has 0 unspecified atom stereocenters. The van der Waals surface area contributed by atoms with Crippen LogP contribution in [0.4, 0.5) is 5.69 Å². The maximum absolute atomic E-state index is 12.0. The zero-order valence-corrected chi connectivity index (χ0v) is 9.83. The molecule has 2 N–H and O–H groups in total. The number of hydrogen-bond donors (Lipinski definition) is 1. The van der Waals surface area contributed by atoms with Crippen molar-refractivity contribution in [1.29, 1.82) is 0 Å². The van der Waals surface area contributed by atoms with Crippen molar-refractivity contribution in [1.82, 2.24) is 4.47 Å². The fourth-order valence-electron chi connectivity index (χ4n) is 1.51. The molecule has 1 fully saturated rings. The Labute approximate surface area is 94.8 Å². The summed E-state index contributed by atoms with van der Waals surface area (Å²) >= 11 is 0. The first-order valence-electron chi connectivity index (χ1n) is 5.03. The van der Waals surface area contributed by atoms with Crippen molar-refractivity contribution < 1.29 is 13.3 Å². The number of anilines is 1. The number of hydrogen-bond acceptors (Lipinski definition) is 4. The summed E-state index contributed by atoms with van der Waals surface area (Å²) in [6.45, 7) is 2.68. The number of sulfonamides is 1. The molecular weight excluding hydrogens is 228 g/mol. The fourth-order valence-corrected chi connectivity index (χ4v) is 2.84. The summed E-state index contributed by atoms with van der Waals surface area (Å²) in [7, 11) is -3.55. The summed E-state index contributed by atoms with van der Waals surface area (Å²) in [4.78, 5) is 5.23. The van der Waals surface area contributed by atoms with Gasteiger partial charge in [-0.3, -0.25) is 4.84 Å². The highest BCUT2D eigenvalue weighted by atomic mass is 32.2. The van der Waals surface area contributed by atoms with E-state index in [9.17, 15) is 8.42 Å². The van der Waals surface area contributed by atoms with E-state index in [0.717, 1.165) is 16.5 Å². The number of nitrogens with zero attached hydrogens (tertiary/aromatic N) is 1. The van der Waals surface area contributed by atoms with Gasteiger partial charge in [0.2, 0.25) is 0 Å². The number of aryl methyl sites for hydroxylation is 1. The van der Waals surface area contributed by atoms with Gasteiger partial charge in [0.05, 0.1) is 11.5 Å². The molecule has 1 aliphatic rings. The van der Waals surface area contributed by atoms with E-state index in [4.69, 9.17) is 10.6 Å². The lowest BCUT2D eigenvalue weighted by Gasteiger charge is -2.14. The second-order valence-electron chi connectivity index (χ2n) is 3.74. The molecule has 0 aliphatic carbocycles. The summed E-state index contributed by atoms with van der Waals surface area (Å²) in [5, 5.41) is 0. The molecule has 1 heterocycles. The largest absolute Gasteiger partial charge is 0.398 e. The molecule has 1 aliphatic heterocycles. The molecular formula is C10H14N2O3S. The van der Waals surface area contributed by atoms with Crippen molar-refractivity contribution in [3.8, 4) is 0 Å². The minimum Gasteiger partial charge on any atom is -0.398 e. The van der Waals surface area contributed by atoms with Crippen LogP contribution in [0.3, 0.4) is 0 Å². The van der Waals surface area contributed by atoms with E-state index in [-0.39, 0.29) is 4.90 Å². The Morgan fingerprint density at radius 3 is 2.75 bits per heavy atom. The Morgan fingerprint density at radius 2 is 2.19 bits per heavy atom. The van der Waals surface area contributed by atoms with E-state index in [0.29, 0.717) is 18.8 Å². The predicted octanol–water partition coefficient (Wildman–Crippen LogP) is 0.903. The van der Waals surface area contributed by atoms with Gasteiger partial charge in [-0.15, -0.1) is 0 Å². The first-order chi connectivity index (χ1) is 7.51. The van der Waals surface area contributed by atoms with Crippen LogP contribution in [0.5, 0.6) is 0 Å². The maximum Gasteiger partial charge on any atom is 0.265 e. The summed E-state index contributed by atoms with van der Waals surface area (Å²) < 4.78 is 25.1. The van der Waals surface area contributed by atoms with Crippen molar-refractivity contribution in [3.05, 3.63) is 23.8 Å². The molecule has 0 radical (unpaired) electrons. The molecule has 0 atom stereocenters. The Bertz CT molecular complexity index is 493. The molecule has 1 saturated heterocycles. The second kappa shape index (κ2) is 4.04. The molecule has 16 heavy (non-hydrogen) atoms. The molecule has 88 valence electrons. The first-order valence-corrected chi connectivity index (χ1v) is 6.47. The van der Waals surface area contributed by atoms with E-state index < -0.39 is 10.0 Å². The molecule has 5 nitrogen and oxygen atoms in total. The van der Waals surface area contributed by atoms with E-state index in [1.54, 1.807) is 12.1 Å². The lowest BCUT2D eigenvalue weighted by atomic mass is 10.2. The molecule has 1 aromatic carbocycles. The quantitative estimate of drug-likeness (QED) is 0.782. The van der Waals surface area contributed by atoms with E-state index in [1.807, 2.05) is 6.92 Å². The van der Waals surface area contributed by atoms with Crippen LogP contribution in [0.15, 0.2) is 23.1 Å². The van der Waals surface area contributed by atoms with Gasteiger partial charge in [0.25, 0.3) is 10.0 Å². The lowest BCUT2D eigenvalue weighted by Crippen LogP contribution is -2.26. The van der Waals surface area contributed by atoms with Gasteiger partial charge in [-0.05, 0) is 31.0 Å². The standard InChI is InChI=1S/C10H14N2O3S/c1-8-3-4-9(7-10(8)11)16(13,14)12-5-2-6-15-12/h3-4,7H,2,5-6,11H2,1H3. The van der Waals surface area contributed by atoms with Gasteiger partial charge in [-0.2, -0.15) is 0 Å². The number of rotatable bonds is 2. The molecule has 0 aromatic heterocycles. The van der Waals surface area contributed by atoms with E-state index in [2.05, 4.69) is 0 Å². The van der Waals surface area contributed by atoms with Gasteiger partial charge in [0.15, 0.2) is 0 Å². The molecule has 0 spiro atoms. The van der Waals surface area contributed by atoms with Gasteiger partial charge < -0.3 is 5.73 Å². The summed E-state index contributed by atoms with van der Waals surface area (Å²) in [5.74, 6) is 0. The van der Waals surface area contributed by atoms with E-state index >= 15 is 0 Å². The average molecular weight is 242 g/mol. The lowest BCUT2D eigenvalue weighted by molar-refractivity contribution is -0.0284. The number of nitrogen functional groups attached to an aromatic ring is 1. The maximum atomic E-state index is 12.0. The van der Waals surface area contributed by atoms with Crippen LogP contribution in [-0.4, -0.2) is 26.0 Å². The van der Waals surface area contributed by atoms with Crippen molar-refractivity contribution in [2.45, 2.75) is 18.2 Å². The predicted molar refractivity (Wildman–Crippen MR) is 60.1 cm³/mol. The van der Waals surface area contributed by atoms with Crippen molar-refractivity contribution >= 4 is 15.7 Å². The summed E-state index contributed by atoms with van der Waals surface area (Å²) in [5.41, 5.74) is 7.03. The van der Waals surface area contributed by atoms with Crippen LogP contribution in [-0.2, 0) is 14.9 Å². The van der Waals surface area contributed by atoms with E-state index in [1.165, 1.54) is 6.07 Å². The van der Waals surface area contributed by atoms with Crippen molar-refractivity contribution in [2.75, 3.05) is 18.9 Å². The molecule has 0 amide bonds. The molecule has 1 aromatic rings. The molecule has 6 heteroatoms. The van der Waals surface area contributed by atoms with Gasteiger partial charge in [0, 0.05) is 12.2 Å². The topological polar surface area (TPSA) is 72.6 Å². The second-order valence-corrected chi connectivity index (χ2v) is 5.57. The Morgan fingerprint density at radius 1 is 1.44 bits per heavy atom. The van der Waals surface area contributed by atoms with Gasteiger partial charge in [-0.25, -0.2) is 8.42 Å². The fraction of sp³-hybridized carbons (Fsp3) is 0.400. The zero-order valence-electron chi connectivity index (χ0n) is 9.01. The van der Waals surface area contributed by atoms with Crippen LogP contribution < -0.4 is 5.73 Å². The summed E-state index contributed by atoms with van der Waals surface area (Å²) in [6, 6.07) is 4.70. The highest BCUT2D eigenvalue weighted by Gasteiger charge is 2.28. The van der Waals surface area contributed by atoms with Crippen LogP contribution in [0.25, 0.3) is 0 Å². The average Bonchev–Trinajstić information content (AvgIpc) is 2.75. The zero-order chi connectivity index (χ0) is 11.8. The first kappa shape index (κ1) is 11.4. The third-order valence-corrected chi connectivity index (χ3v) is 4.21. The van der Waals surface area contributed by atoms with Crippen LogP contribution in [0.2, 0.25) is 0 Å². The smallest absolute Gasteiger partial charge is 0.265 e. The summed E-state index contributed by atoms with van der Waals surface area (Å²) in [6.07, 6.45) is 0.723. The van der Waals surface area contributed by atoms with Gasteiger partial charge >= 0.3 is 0 Å². The molecule has 2 rings (SSSR count). The highest BCUT2D eigenvalue weighted by molar-refractivity contribution is 7.89. The van der Waals surface area contributed by atoms with Crippen LogP contribution >= 0.6 is 0 Å². The SMILES string of the molecule is Cc1ccc(S(=O)(=O)N2CCCO2)cc1N. The van der Waals surface area contributed by atoms with Gasteiger partial charge in [0.1, 0.15) is 0 Å². The van der Waals surface area contributed by atoms with Crippen LogP contribution in [0, 0.1) is 6.92 Å². The Kier molecular flexibility index (Phi) is 2.88. The Balaban J connectivity index is 2.39. The molecule has 0 bridgehead atoms. The monoisotopic (exact) mass is 242 g/mol. The number of hydroxylamine groups is 1. The number of nitrogens with two attached hydrogens (primary N) is 1. The molecule has 0 saturated carbocycles. The van der Waals surface area contributed by atoms with Gasteiger partial charge in [-0.1, -0.05) is 10.5 Å².